The maximum absolute atomic E-state index is 11.1. The Hall–Kier alpha value is -0.290. The van der Waals surface area contributed by atoms with E-state index in [1.165, 1.54) is 6.92 Å². The third-order valence-electron chi connectivity index (χ3n) is 1.49. The number of hydrogen-bond donors (Lipinski definition) is 1. The molecule has 64 valence electrons. The molecule has 0 spiro atoms. The predicted molar refractivity (Wildman–Crippen MR) is 58.6 cm³/mol. The summed E-state index contributed by atoms with van der Waals surface area (Å²) in [4.78, 5) is 11.1. The number of anilines is 1. The minimum absolute atomic E-state index is 0.0561. The summed E-state index contributed by atoms with van der Waals surface area (Å²) in [6.45, 7) is 1.48. The minimum Gasteiger partial charge on any atom is -0.397 e. The molecule has 0 aliphatic rings. The number of carbonyl (C=O) groups is 1. The number of ketones is 1. The summed E-state index contributed by atoms with van der Waals surface area (Å²) in [6, 6.07) is 3.46. The second-order valence-corrected chi connectivity index (χ2v) is 3.94. The number of rotatable bonds is 1. The van der Waals surface area contributed by atoms with Crippen molar-refractivity contribution >= 4 is 45.7 Å². The quantitative estimate of drug-likeness (QED) is 0.492. The molecular weight excluding hydrogens is 288 g/mol. The van der Waals surface area contributed by atoms with Crippen molar-refractivity contribution in [3.63, 3.8) is 0 Å². The largest absolute Gasteiger partial charge is 0.397 e. The van der Waals surface area contributed by atoms with Gasteiger partial charge >= 0.3 is 0 Å². The van der Waals surface area contributed by atoms with E-state index >= 15 is 0 Å². The van der Waals surface area contributed by atoms with E-state index in [1.807, 2.05) is 0 Å². The van der Waals surface area contributed by atoms with Gasteiger partial charge in [-0.05, 0) is 41.6 Å². The number of nitrogen functional groups attached to an aromatic ring is 1. The Morgan fingerprint density at radius 1 is 1.58 bits per heavy atom. The van der Waals surface area contributed by atoms with Gasteiger partial charge in [-0.2, -0.15) is 0 Å². The maximum atomic E-state index is 11.1. The second kappa shape index (κ2) is 3.62. The van der Waals surface area contributed by atoms with Gasteiger partial charge in [0.15, 0.2) is 5.78 Å². The molecule has 1 rings (SSSR count). The van der Waals surface area contributed by atoms with Crippen LogP contribution < -0.4 is 5.73 Å². The topological polar surface area (TPSA) is 43.1 Å². The van der Waals surface area contributed by atoms with Crippen molar-refractivity contribution in [2.24, 2.45) is 0 Å². The van der Waals surface area contributed by atoms with Crippen LogP contribution in [0.2, 0.25) is 5.02 Å². The first-order valence-corrected chi connectivity index (χ1v) is 4.74. The van der Waals surface area contributed by atoms with E-state index in [-0.39, 0.29) is 5.78 Å². The van der Waals surface area contributed by atoms with Gasteiger partial charge in [0, 0.05) is 3.57 Å². The molecule has 0 unspecified atom stereocenters. The highest BCUT2D eigenvalue weighted by molar-refractivity contribution is 14.1. The minimum atomic E-state index is -0.0561. The highest BCUT2D eigenvalue weighted by atomic mass is 127. The highest BCUT2D eigenvalue weighted by Gasteiger charge is 2.11. The fourth-order valence-corrected chi connectivity index (χ4v) is 1.93. The lowest BCUT2D eigenvalue weighted by molar-refractivity contribution is 0.101. The van der Waals surface area contributed by atoms with Gasteiger partial charge in [0.1, 0.15) is 0 Å². The number of carbonyl (C=O) groups excluding carboxylic acids is 1. The zero-order chi connectivity index (χ0) is 9.30. The third-order valence-corrected chi connectivity index (χ3v) is 2.72. The zero-order valence-corrected chi connectivity index (χ0v) is 9.31. The Kier molecular flexibility index (Phi) is 2.95. The van der Waals surface area contributed by atoms with Gasteiger partial charge in [0.2, 0.25) is 0 Å². The van der Waals surface area contributed by atoms with Gasteiger partial charge in [-0.1, -0.05) is 11.6 Å². The molecule has 2 nitrogen and oxygen atoms in total. The number of benzene rings is 1. The summed E-state index contributed by atoms with van der Waals surface area (Å²) in [5.74, 6) is -0.0561. The van der Waals surface area contributed by atoms with Crippen LogP contribution >= 0.6 is 34.2 Å². The number of hydrogen-bond acceptors (Lipinski definition) is 2. The van der Waals surface area contributed by atoms with Gasteiger partial charge in [-0.3, -0.25) is 4.79 Å². The third kappa shape index (κ3) is 1.72. The van der Waals surface area contributed by atoms with Crippen LogP contribution in [0.25, 0.3) is 0 Å². The standard InChI is InChI=1S/C8H7ClINO/c1-4(12)7-6(10)3-2-5(9)8(7)11/h2-3H,11H2,1H3. The molecule has 0 atom stereocenters. The molecule has 1 aromatic rings. The van der Waals surface area contributed by atoms with Crippen molar-refractivity contribution in [3.8, 4) is 0 Å². The molecule has 0 aliphatic carbocycles. The lowest BCUT2D eigenvalue weighted by Gasteiger charge is -2.05. The van der Waals surface area contributed by atoms with Crippen LogP contribution in [0.3, 0.4) is 0 Å². The van der Waals surface area contributed by atoms with Crippen molar-refractivity contribution in [1.82, 2.24) is 0 Å². The van der Waals surface area contributed by atoms with E-state index in [0.717, 1.165) is 3.57 Å². The average molecular weight is 296 g/mol. The first kappa shape index (κ1) is 9.80. The Morgan fingerprint density at radius 3 is 2.58 bits per heavy atom. The summed E-state index contributed by atoms with van der Waals surface area (Å²) in [6.07, 6.45) is 0. The second-order valence-electron chi connectivity index (χ2n) is 2.37. The van der Waals surface area contributed by atoms with Gasteiger partial charge in [-0.15, -0.1) is 0 Å². The van der Waals surface area contributed by atoms with Crippen LogP contribution in [0.1, 0.15) is 17.3 Å². The van der Waals surface area contributed by atoms with Crippen molar-refractivity contribution in [2.45, 2.75) is 6.92 Å². The van der Waals surface area contributed by atoms with Crippen molar-refractivity contribution < 1.29 is 4.79 Å². The fourth-order valence-electron chi connectivity index (χ4n) is 0.925. The zero-order valence-electron chi connectivity index (χ0n) is 6.40. The molecule has 4 heteroatoms. The Labute approximate surface area is 89.2 Å². The SMILES string of the molecule is CC(=O)c1c(I)ccc(Cl)c1N. The summed E-state index contributed by atoms with van der Waals surface area (Å²) in [5.41, 5.74) is 6.51. The van der Waals surface area contributed by atoms with Crippen molar-refractivity contribution in [1.29, 1.82) is 0 Å². The highest BCUT2D eigenvalue weighted by Crippen LogP contribution is 2.27. The van der Waals surface area contributed by atoms with Crippen LogP contribution in [0.4, 0.5) is 5.69 Å². The van der Waals surface area contributed by atoms with Crippen LogP contribution in [0, 0.1) is 3.57 Å². The number of halogens is 2. The van der Waals surface area contributed by atoms with E-state index in [4.69, 9.17) is 17.3 Å². The molecule has 0 aromatic heterocycles. The average Bonchev–Trinajstić information content (AvgIpc) is 1.97. The van der Waals surface area contributed by atoms with Crippen LogP contribution in [0.15, 0.2) is 12.1 Å². The molecule has 0 saturated carbocycles. The first-order chi connectivity index (χ1) is 5.54. The summed E-state index contributed by atoms with van der Waals surface area (Å²) in [7, 11) is 0. The monoisotopic (exact) mass is 295 g/mol. The molecule has 0 fully saturated rings. The van der Waals surface area contributed by atoms with Crippen molar-refractivity contribution in [3.05, 3.63) is 26.3 Å². The summed E-state index contributed by atoms with van der Waals surface area (Å²) in [5, 5.41) is 0.431. The molecule has 0 saturated heterocycles. The van der Waals surface area contributed by atoms with Crippen molar-refractivity contribution in [2.75, 3.05) is 5.73 Å². The molecule has 2 N–H and O–H groups in total. The summed E-state index contributed by atoms with van der Waals surface area (Å²) < 4.78 is 0.835. The first-order valence-electron chi connectivity index (χ1n) is 3.28. The Morgan fingerprint density at radius 2 is 2.17 bits per heavy atom. The van der Waals surface area contributed by atoms with Crippen LogP contribution in [0.5, 0.6) is 0 Å². The van der Waals surface area contributed by atoms with Crippen LogP contribution in [-0.4, -0.2) is 5.78 Å². The van der Waals surface area contributed by atoms with Gasteiger partial charge < -0.3 is 5.73 Å². The van der Waals surface area contributed by atoms with E-state index in [2.05, 4.69) is 22.6 Å². The van der Waals surface area contributed by atoms with Gasteiger partial charge in [-0.25, -0.2) is 0 Å². The number of nitrogens with two attached hydrogens (primary N) is 1. The molecule has 12 heavy (non-hydrogen) atoms. The Balaban J connectivity index is 3.43. The normalized spacial score (nSPS) is 9.92. The molecule has 0 bridgehead atoms. The predicted octanol–water partition coefficient (Wildman–Crippen LogP) is 2.73. The number of Topliss-reactive ketones (excluding diaryl/α,β-unsaturated/α-hetero) is 1. The lowest BCUT2D eigenvalue weighted by atomic mass is 10.1. The molecule has 1 aromatic carbocycles. The maximum Gasteiger partial charge on any atom is 0.162 e. The van der Waals surface area contributed by atoms with E-state index < -0.39 is 0 Å². The molecule has 0 aliphatic heterocycles. The molecular formula is C8H7ClINO. The van der Waals surface area contributed by atoms with Gasteiger partial charge in [0.25, 0.3) is 0 Å². The molecule has 0 heterocycles. The summed E-state index contributed by atoms with van der Waals surface area (Å²) >= 11 is 7.81. The van der Waals surface area contributed by atoms with E-state index in [9.17, 15) is 4.79 Å². The van der Waals surface area contributed by atoms with Gasteiger partial charge in [0.05, 0.1) is 16.3 Å². The van der Waals surface area contributed by atoms with E-state index in [1.54, 1.807) is 12.1 Å². The fraction of sp³-hybridized carbons (Fsp3) is 0.125. The molecule has 0 radical (unpaired) electrons. The van der Waals surface area contributed by atoms with E-state index in [0.29, 0.717) is 16.3 Å². The Bertz CT molecular complexity index is 338. The smallest absolute Gasteiger partial charge is 0.162 e. The molecule has 0 amide bonds. The lowest BCUT2D eigenvalue weighted by Crippen LogP contribution is -2.02. The van der Waals surface area contributed by atoms with Crippen LogP contribution in [-0.2, 0) is 0 Å².